The predicted octanol–water partition coefficient (Wildman–Crippen LogP) is 2.06. The second kappa shape index (κ2) is 6.90. The van der Waals surface area contributed by atoms with Crippen molar-refractivity contribution in [2.75, 3.05) is 20.2 Å². The van der Waals surface area contributed by atoms with E-state index in [1.807, 2.05) is 0 Å². The number of amides is 1. The van der Waals surface area contributed by atoms with Crippen LogP contribution in [0, 0.1) is 5.82 Å². The molecule has 2 aromatic rings. The average molecular weight is 293 g/mol. The third-order valence-corrected chi connectivity index (χ3v) is 2.85. The maximum Gasteiger partial charge on any atom is 0.289 e. The molecule has 0 radical (unpaired) electrons. The summed E-state index contributed by atoms with van der Waals surface area (Å²) in [5.74, 6) is 0.541. The molecule has 1 amide bonds. The van der Waals surface area contributed by atoms with E-state index >= 15 is 0 Å². The van der Waals surface area contributed by atoms with E-state index in [2.05, 4.69) is 0 Å². The van der Waals surface area contributed by atoms with Crippen molar-refractivity contribution >= 4 is 5.91 Å². The molecule has 0 spiro atoms. The lowest BCUT2D eigenvalue weighted by atomic mass is 10.3. The lowest BCUT2D eigenvalue weighted by Gasteiger charge is -2.13. The smallest absolute Gasteiger partial charge is 0.289 e. The first-order valence-electron chi connectivity index (χ1n) is 6.43. The summed E-state index contributed by atoms with van der Waals surface area (Å²) in [4.78, 5) is 13.3. The molecule has 1 heterocycles. The van der Waals surface area contributed by atoms with E-state index in [0.717, 1.165) is 0 Å². The number of hydrogen-bond donors (Lipinski definition) is 1. The zero-order valence-electron chi connectivity index (χ0n) is 11.6. The van der Waals surface area contributed by atoms with Gasteiger partial charge in [-0.15, -0.1) is 0 Å². The molecule has 0 saturated heterocycles. The Morgan fingerprint density at radius 2 is 2.00 bits per heavy atom. The van der Waals surface area contributed by atoms with Gasteiger partial charge in [0.25, 0.3) is 5.91 Å². The highest BCUT2D eigenvalue weighted by Gasteiger charge is 2.15. The molecule has 0 aliphatic rings. The Hall–Kier alpha value is -2.34. The minimum Gasteiger partial charge on any atom is -0.486 e. The number of carbonyl (C=O) groups is 1. The molecular formula is C15H16FNO4. The number of furan rings is 1. The van der Waals surface area contributed by atoms with E-state index in [-0.39, 0.29) is 37.2 Å². The first-order valence-corrected chi connectivity index (χ1v) is 6.43. The van der Waals surface area contributed by atoms with E-state index in [1.165, 1.54) is 29.2 Å². The van der Waals surface area contributed by atoms with Gasteiger partial charge in [-0.3, -0.25) is 4.79 Å². The van der Waals surface area contributed by atoms with Crippen LogP contribution in [0.4, 0.5) is 4.39 Å². The Morgan fingerprint density at radius 3 is 2.67 bits per heavy atom. The van der Waals surface area contributed by atoms with Gasteiger partial charge >= 0.3 is 0 Å². The van der Waals surface area contributed by atoms with Gasteiger partial charge in [0.15, 0.2) is 5.76 Å². The third kappa shape index (κ3) is 4.06. The molecule has 1 aromatic heterocycles. The molecule has 0 unspecified atom stereocenters. The highest BCUT2D eigenvalue weighted by Crippen LogP contribution is 2.15. The zero-order valence-corrected chi connectivity index (χ0v) is 11.6. The highest BCUT2D eigenvalue weighted by molar-refractivity contribution is 5.91. The number of rotatable bonds is 6. The molecule has 0 bridgehead atoms. The molecule has 1 aromatic carbocycles. The van der Waals surface area contributed by atoms with Crippen LogP contribution in [0.1, 0.15) is 16.3 Å². The summed E-state index contributed by atoms with van der Waals surface area (Å²) in [6.07, 6.45) is 0. The van der Waals surface area contributed by atoms with Crippen molar-refractivity contribution in [3.05, 3.63) is 53.7 Å². The fraction of sp³-hybridized carbons (Fsp3) is 0.267. The summed E-state index contributed by atoms with van der Waals surface area (Å²) in [5.41, 5.74) is 0. The quantitative estimate of drug-likeness (QED) is 0.885. The Balaban J connectivity index is 1.94. The van der Waals surface area contributed by atoms with E-state index in [4.69, 9.17) is 14.3 Å². The van der Waals surface area contributed by atoms with E-state index < -0.39 is 0 Å². The van der Waals surface area contributed by atoms with Crippen molar-refractivity contribution in [1.29, 1.82) is 0 Å². The van der Waals surface area contributed by atoms with Gasteiger partial charge in [0.05, 0.1) is 6.61 Å². The van der Waals surface area contributed by atoms with Gasteiger partial charge in [-0.2, -0.15) is 0 Å². The first-order chi connectivity index (χ1) is 10.1. The summed E-state index contributed by atoms with van der Waals surface area (Å²) in [6.45, 7) is 0.271. The van der Waals surface area contributed by atoms with Crippen LogP contribution in [0.25, 0.3) is 0 Å². The highest BCUT2D eigenvalue weighted by atomic mass is 19.1. The van der Waals surface area contributed by atoms with Gasteiger partial charge in [0, 0.05) is 13.6 Å². The number of likely N-dealkylation sites (N-methyl/N-ethyl adjacent to an activating group) is 1. The summed E-state index contributed by atoms with van der Waals surface area (Å²) < 4.78 is 23.6. The number of halogens is 1. The van der Waals surface area contributed by atoms with E-state index in [1.54, 1.807) is 19.2 Å². The molecule has 1 N–H and O–H groups in total. The molecule has 112 valence electrons. The van der Waals surface area contributed by atoms with Crippen LogP contribution in [0.3, 0.4) is 0 Å². The number of aliphatic hydroxyl groups excluding tert-OH is 1. The molecule has 6 heteroatoms. The molecule has 0 fully saturated rings. The summed E-state index contributed by atoms with van der Waals surface area (Å²) in [5, 5.41) is 8.80. The fourth-order valence-electron chi connectivity index (χ4n) is 1.70. The molecule has 0 aliphatic carbocycles. The molecule has 2 rings (SSSR count). The molecule has 0 aliphatic heterocycles. The SMILES string of the molecule is CN(CCO)C(=O)c1ccc(COc2ccc(F)cc2)o1. The number of carbonyl (C=O) groups excluding carboxylic acids is 1. The largest absolute Gasteiger partial charge is 0.486 e. The van der Waals surface area contributed by atoms with Crippen molar-refractivity contribution < 1.29 is 23.4 Å². The zero-order chi connectivity index (χ0) is 15.2. The summed E-state index contributed by atoms with van der Waals surface area (Å²) in [7, 11) is 1.58. The van der Waals surface area contributed by atoms with Gasteiger partial charge in [0.1, 0.15) is 23.9 Å². The maximum absolute atomic E-state index is 12.7. The average Bonchev–Trinajstić information content (AvgIpc) is 2.95. The Bertz CT molecular complexity index is 594. The number of nitrogens with zero attached hydrogens (tertiary/aromatic N) is 1. The fourth-order valence-corrected chi connectivity index (χ4v) is 1.70. The number of aliphatic hydroxyl groups is 1. The minimum atomic E-state index is -0.333. The first kappa shape index (κ1) is 15.1. The lowest BCUT2D eigenvalue weighted by Crippen LogP contribution is -2.29. The standard InChI is InChI=1S/C15H16FNO4/c1-17(8-9-18)15(19)14-7-6-13(21-14)10-20-12-4-2-11(16)3-5-12/h2-7,18H,8-10H2,1H3. The van der Waals surface area contributed by atoms with Crippen LogP contribution in [-0.4, -0.2) is 36.1 Å². The molecular weight excluding hydrogens is 277 g/mol. The van der Waals surface area contributed by atoms with Crippen molar-refractivity contribution in [2.24, 2.45) is 0 Å². The van der Waals surface area contributed by atoms with Gasteiger partial charge in [-0.25, -0.2) is 4.39 Å². The monoisotopic (exact) mass is 293 g/mol. The second-order valence-corrected chi connectivity index (χ2v) is 4.46. The molecule has 21 heavy (non-hydrogen) atoms. The van der Waals surface area contributed by atoms with Gasteiger partial charge in [-0.1, -0.05) is 0 Å². The van der Waals surface area contributed by atoms with Gasteiger partial charge < -0.3 is 19.2 Å². The van der Waals surface area contributed by atoms with Crippen LogP contribution >= 0.6 is 0 Å². The third-order valence-electron chi connectivity index (χ3n) is 2.85. The predicted molar refractivity (Wildman–Crippen MR) is 73.5 cm³/mol. The van der Waals surface area contributed by atoms with E-state index in [9.17, 15) is 9.18 Å². The van der Waals surface area contributed by atoms with Gasteiger partial charge in [-0.05, 0) is 36.4 Å². The minimum absolute atomic E-state index is 0.108. The molecule has 0 atom stereocenters. The van der Waals surface area contributed by atoms with Crippen LogP contribution in [-0.2, 0) is 6.61 Å². The number of hydrogen-bond acceptors (Lipinski definition) is 4. The van der Waals surface area contributed by atoms with E-state index in [0.29, 0.717) is 11.5 Å². The van der Waals surface area contributed by atoms with Crippen LogP contribution < -0.4 is 4.74 Å². The van der Waals surface area contributed by atoms with Crippen LogP contribution in [0.5, 0.6) is 5.75 Å². The van der Waals surface area contributed by atoms with Crippen LogP contribution in [0.15, 0.2) is 40.8 Å². The maximum atomic E-state index is 12.7. The summed E-state index contributed by atoms with van der Waals surface area (Å²) >= 11 is 0. The second-order valence-electron chi connectivity index (χ2n) is 4.46. The van der Waals surface area contributed by atoms with Crippen molar-refractivity contribution in [3.63, 3.8) is 0 Å². The lowest BCUT2D eigenvalue weighted by molar-refractivity contribution is 0.0731. The Kier molecular flexibility index (Phi) is 4.94. The summed E-state index contributed by atoms with van der Waals surface area (Å²) in [6, 6.07) is 8.83. The van der Waals surface area contributed by atoms with Crippen molar-refractivity contribution in [1.82, 2.24) is 4.90 Å². The Morgan fingerprint density at radius 1 is 1.29 bits per heavy atom. The van der Waals surface area contributed by atoms with Crippen LogP contribution in [0.2, 0.25) is 0 Å². The number of ether oxygens (including phenoxy) is 1. The van der Waals surface area contributed by atoms with Crippen molar-refractivity contribution in [3.8, 4) is 5.75 Å². The van der Waals surface area contributed by atoms with Gasteiger partial charge in [0.2, 0.25) is 0 Å². The topological polar surface area (TPSA) is 62.9 Å². The molecule has 5 nitrogen and oxygen atoms in total. The Labute approximate surface area is 121 Å². The molecule has 0 saturated carbocycles. The normalized spacial score (nSPS) is 10.4. The van der Waals surface area contributed by atoms with Crippen molar-refractivity contribution in [2.45, 2.75) is 6.61 Å². The number of benzene rings is 1.